The molecular weight excluding hydrogens is 576 g/mol. The van der Waals surface area contributed by atoms with Gasteiger partial charge in [0.25, 0.3) is 17.4 Å². The average molecular weight is 600 g/mol. The number of imide groups is 1. The van der Waals surface area contributed by atoms with Crippen LogP contribution in [0.25, 0.3) is 22.0 Å². The average Bonchev–Trinajstić information content (AvgIpc) is 3.43. The second kappa shape index (κ2) is 9.58. The number of aromatic nitrogens is 3. The van der Waals surface area contributed by atoms with Crippen molar-refractivity contribution < 1.29 is 37.8 Å². The van der Waals surface area contributed by atoms with Crippen molar-refractivity contribution in [2.75, 3.05) is 11.2 Å². The highest BCUT2D eigenvalue weighted by Crippen LogP contribution is 2.45. The van der Waals surface area contributed by atoms with Crippen molar-refractivity contribution in [2.24, 2.45) is 7.05 Å². The molecular formula is C27H23F2N5O7S. The van der Waals surface area contributed by atoms with Gasteiger partial charge in [0, 0.05) is 62.5 Å². The molecule has 5 heterocycles. The third-order valence-electron chi connectivity index (χ3n) is 7.08. The van der Waals surface area contributed by atoms with E-state index in [2.05, 4.69) is 9.97 Å². The van der Waals surface area contributed by atoms with Gasteiger partial charge in [-0.1, -0.05) is 0 Å². The molecule has 0 spiro atoms. The summed E-state index contributed by atoms with van der Waals surface area (Å²) in [5.74, 6) is -5.56. The van der Waals surface area contributed by atoms with Crippen LogP contribution in [-0.2, 0) is 43.6 Å². The Kier molecular flexibility index (Phi) is 6.22. The van der Waals surface area contributed by atoms with Crippen LogP contribution in [0, 0.1) is 11.6 Å². The van der Waals surface area contributed by atoms with Gasteiger partial charge in [0.15, 0.2) is 21.5 Å². The van der Waals surface area contributed by atoms with E-state index in [-0.39, 0.29) is 54.5 Å². The van der Waals surface area contributed by atoms with Crippen molar-refractivity contribution in [2.45, 2.75) is 25.1 Å². The van der Waals surface area contributed by atoms with Crippen molar-refractivity contribution in [3.05, 3.63) is 75.5 Å². The predicted octanol–water partition coefficient (Wildman–Crippen LogP) is 2.87. The van der Waals surface area contributed by atoms with E-state index in [4.69, 9.17) is 4.84 Å². The molecule has 0 saturated carbocycles. The van der Waals surface area contributed by atoms with Gasteiger partial charge in [0.1, 0.15) is 11.3 Å². The lowest BCUT2D eigenvalue weighted by Crippen LogP contribution is -2.32. The quantitative estimate of drug-likeness (QED) is 0.342. The number of hydrogen-bond acceptors (Lipinski definition) is 9. The van der Waals surface area contributed by atoms with Gasteiger partial charge in [-0.25, -0.2) is 27.0 Å². The number of hydroxylamine groups is 2. The van der Waals surface area contributed by atoms with Gasteiger partial charge >= 0.3 is 5.97 Å². The lowest BCUT2D eigenvalue weighted by atomic mass is 9.96. The first-order valence-electron chi connectivity index (χ1n) is 12.5. The zero-order valence-electron chi connectivity index (χ0n) is 22.1. The monoisotopic (exact) mass is 599 g/mol. The van der Waals surface area contributed by atoms with Crippen molar-refractivity contribution in [3.63, 3.8) is 0 Å². The van der Waals surface area contributed by atoms with E-state index in [1.54, 1.807) is 6.20 Å². The number of carbonyl (C=O) groups is 3. The SMILES string of the molecule is Cn1cc2c3c(c[nH]c3c1=O)CN(c1ncc(F)cc1F)c1cc(C(=O)ON3C(=O)CCC3=O)c(CS(C)(=O)=O)cc1-2.[HH]. The molecule has 0 unspecified atom stereocenters. The molecule has 42 heavy (non-hydrogen) atoms. The molecule has 0 atom stereocenters. The molecule has 2 aliphatic rings. The Morgan fingerprint density at radius 1 is 1.12 bits per heavy atom. The van der Waals surface area contributed by atoms with Crippen LogP contribution in [0.3, 0.4) is 0 Å². The van der Waals surface area contributed by atoms with Gasteiger partial charge in [-0.2, -0.15) is 0 Å². The van der Waals surface area contributed by atoms with Crippen molar-refractivity contribution in [1.29, 1.82) is 0 Å². The molecule has 1 N–H and O–H groups in total. The van der Waals surface area contributed by atoms with Crippen LogP contribution in [0.4, 0.5) is 20.3 Å². The van der Waals surface area contributed by atoms with Crippen LogP contribution >= 0.6 is 0 Å². The van der Waals surface area contributed by atoms with Crippen LogP contribution in [0.15, 0.2) is 41.6 Å². The summed E-state index contributed by atoms with van der Waals surface area (Å²) in [4.78, 5) is 63.9. The highest BCUT2D eigenvalue weighted by Gasteiger charge is 2.35. The van der Waals surface area contributed by atoms with Gasteiger partial charge in [0.05, 0.1) is 29.7 Å². The number of aryl methyl sites for hydroxylation is 1. The summed E-state index contributed by atoms with van der Waals surface area (Å²) in [6.07, 6.45) is 4.56. The van der Waals surface area contributed by atoms with Crippen LogP contribution in [0.5, 0.6) is 0 Å². The molecule has 4 aromatic rings. The van der Waals surface area contributed by atoms with Gasteiger partial charge < -0.3 is 19.3 Å². The Bertz CT molecular complexity index is 2030. The number of rotatable bonds is 5. The van der Waals surface area contributed by atoms with Crippen molar-refractivity contribution in [1.82, 2.24) is 19.6 Å². The summed E-state index contributed by atoms with van der Waals surface area (Å²) >= 11 is 0. The van der Waals surface area contributed by atoms with E-state index < -0.39 is 45.0 Å². The zero-order chi connectivity index (χ0) is 30.1. The first-order valence-corrected chi connectivity index (χ1v) is 14.6. The number of pyridine rings is 2. The summed E-state index contributed by atoms with van der Waals surface area (Å²) in [6, 6.07) is 3.29. The summed E-state index contributed by atoms with van der Waals surface area (Å²) in [7, 11) is -2.23. The molecule has 3 aromatic heterocycles. The number of aromatic amines is 1. The van der Waals surface area contributed by atoms with E-state index in [0.29, 0.717) is 33.2 Å². The van der Waals surface area contributed by atoms with Gasteiger partial charge in [0.2, 0.25) is 0 Å². The highest BCUT2D eigenvalue weighted by atomic mass is 32.2. The van der Waals surface area contributed by atoms with Crippen molar-refractivity contribution >= 4 is 50.0 Å². The highest BCUT2D eigenvalue weighted by molar-refractivity contribution is 7.89. The van der Waals surface area contributed by atoms with E-state index in [0.717, 1.165) is 12.5 Å². The molecule has 218 valence electrons. The molecule has 12 nitrogen and oxygen atoms in total. The Labute approximate surface area is 237 Å². The minimum Gasteiger partial charge on any atom is -0.356 e. The minimum absolute atomic E-state index is 0. The number of H-pyrrole nitrogens is 1. The van der Waals surface area contributed by atoms with Gasteiger partial charge in [-0.15, -0.1) is 5.06 Å². The Morgan fingerprint density at radius 2 is 1.83 bits per heavy atom. The number of hydrogen-bond donors (Lipinski definition) is 1. The lowest BCUT2D eigenvalue weighted by molar-refractivity contribution is -0.172. The number of fused-ring (bicyclic) bond motifs is 2. The Balaban J connectivity index is 0.00000368. The topological polar surface area (TPSA) is 152 Å². The van der Waals surface area contributed by atoms with Crippen LogP contribution in [0.1, 0.15) is 35.8 Å². The predicted molar refractivity (Wildman–Crippen MR) is 146 cm³/mol. The molecule has 2 aliphatic heterocycles. The van der Waals surface area contributed by atoms with Crippen LogP contribution in [0.2, 0.25) is 0 Å². The third kappa shape index (κ3) is 4.51. The molecule has 6 rings (SSSR count). The largest absolute Gasteiger partial charge is 0.364 e. The summed E-state index contributed by atoms with van der Waals surface area (Å²) in [5, 5.41) is 0.817. The number of benzene rings is 1. The standard InChI is InChI=1S/C27H21F2N5O7S.H2/c1-32-11-18-17-5-13(12-42(2,39)40)16(27(38)41-34-21(35)3-4-22(34)36)7-20(17)33(25-19(29)6-15(28)9-31-25)10-14-8-30-24(23(14)18)26(32)37;/h5-9,11,30H,3-4,10,12H2,1-2H3;1H. The second-order valence-corrected chi connectivity index (χ2v) is 12.3. The van der Waals surface area contributed by atoms with E-state index in [1.807, 2.05) is 0 Å². The molecule has 2 amide bonds. The molecule has 0 radical (unpaired) electrons. The summed E-state index contributed by atoms with van der Waals surface area (Å²) in [5.41, 5.74) is 1.00. The normalized spacial score (nSPS) is 14.9. The summed E-state index contributed by atoms with van der Waals surface area (Å²) in [6.45, 7) is -0.0915. The molecule has 0 aliphatic carbocycles. The number of anilines is 2. The number of halogens is 2. The van der Waals surface area contributed by atoms with Gasteiger partial charge in [-0.05, 0) is 23.3 Å². The maximum Gasteiger partial charge on any atom is 0.364 e. The van der Waals surface area contributed by atoms with E-state index in [9.17, 15) is 32.0 Å². The number of carbonyl (C=O) groups excluding carboxylic acids is 3. The number of amides is 2. The second-order valence-electron chi connectivity index (χ2n) is 10.1. The van der Waals surface area contributed by atoms with E-state index in [1.165, 1.54) is 34.8 Å². The Hall–Kier alpha value is -4.92. The fourth-order valence-electron chi connectivity index (χ4n) is 5.27. The number of nitrogens with one attached hydrogen (secondary N) is 1. The smallest absolute Gasteiger partial charge is 0.356 e. The molecule has 1 fully saturated rings. The third-order valence-corrected chi connectivity index (χ3v) is 7.92. The number of nitrogens with zero attached hydrogens (tertiary/aromatic N) is 4. The molecule has 15 heteroatoms. The minimum atomic E-state index is -3.76. The van der Waals surface area contributed by atoms with Crippen molar-refractivity contribution in [3.8, 4) is 11.1 Å². The Morgan fingerprint density at radius 3 is 2.50 bits per heavy atom. The zero-order valence-corrected chi connectivity index (χ0v) is 22.9. The maximum absolute atomic E-state index is 15.2. The molecule has 1 aromatic carbocycles. The fourth-order valence-corrected chi connectivity index (χ4v) is 6.07. The van der Waals surface area contributed by atoms with Crippen LogP contribution in [-0.4, -0.2) is 52.1 Å². The summed E-state index contributed by atoms with van der Waals surface area (Å²) < 4.78 is 55.2. The molecule has 0 bridgehead atoms. The maximum atomic E-state index is 15.2. The fraction of sp³-hybridized carbons (Fsp3) is 0.222. The van der Waals surface area contributed by atoms with Gasteiger partial charge in [-0.3, -0.25) is 14.4 Å². The first-order chi connectivity index (χ1) is 19.8. The number of sulfone groups is 1. The lowest BCUT2D eigenvalue weighted by Gasteiger charge is -2.26. The first kappa shape index (κ1) is 27.3. The molecule has 1 saturated heterocycles. The van der Waals surface area contributed by atoms with E-state index >= 15 is 4.39 Å². The van der Waals surface area contributed by atoms with Crippen LogP contribution < -0.4 is 10.5 Å².